The molecule has 2 N–H and O–H groups in total. The molecule has 0 saturated heterocycles. The Morgan fingerprint density at radius 1 is 1.44 bits per heavy atom. The summed E-state index contributed by atoms with van der Waals surface area (Å²) < 4.78 is 0. The molecule has 88 valence electrons. The molecule has 1 fully saturated rings. The van der Waals surface area contributed by atoms with Crippen LogP contribution in [0.2, 0.25) is 0 Å². The molecule has 16 heavy (non-hydrogen) atoms. The molecule has 0 spiro atoms. The molecule has 1 aromatic rings. The number of hydrogen-bond acceptors (Lipinski definition) is 2. The number of rotatable bonds is 3. The number of aromatic nitrogens is 1. The smallest absolute Gasteiger partial charge is 0.0270 e. The van der Waals surface area contributed by atoms with Gasteiger partial charge in [-0.15, -0.1) is 0 Å². The lowest BCUT2D eigenvalue weighted by Gasteiger charge is -2.38. The zero-order chi connectivity index (χ0) is 11.4. The van der Waals surface area contributed by atoms with Crippen molar-refractivity contribution in [1.82, 2.24) is 4.98 Å². The molecule has 0 bridgehead atoms. The minimum absolute atomic E-state index is 0.0281. The van der Waals surface area contributed by atoms with Gasteiger partial charge in [0.2, 0.25) is 0 Å². The highest BCUT2D eigenvalue weighted by atomic mass is 14.7. The number of nitrogens with two attached hydrogens (primary N) is 1. The predicted molar refractivity (Wildman–Crippen MR) is 67.1 cm³/mol. The van der Waals surface area contributed by atoms with Gasteiger partial charge in [0.05, 0.1) is 0 Å². The van der Waals surface area contributed by atoms with E-state index in [2.05, 4.69) is 24.0 Å². The first-order chi connectivity index (χ1) is 7.72. The molecule has 2 atom stereocenters. The Morgan fingerprint density at radius 3 is 2.88 bits per heavy atom. The fourth-order valence-corrected chi connectivity index (χ4v) is 2.94. The number of nitrogens with zero attached hydrogens (tertiary/aromatic N) is 1. The van der Waals surface area contributed by atoms with Crippen molar-refractivity contribution in [3.05, 3.63) is 30.1 Å². The zero-order valence-electron chi connectivity index (χ0n) is 10.2. The van der Waals surface area contributed by atoms with Gasteiger partial charge in [-0.1, -0.05) is 26.2 Å². The van der Waals surface area contributed by atoms with E-state index in [1.54, 1.807) is 0 Å². The van der Waals surface area contributed by atoms with Crippen LogP contribution >= 0.6 is 0 Å². The lowest BCUT2D eigenvalue weighted by molar-refractivity contribution is 0.218. The monoisotopic (exact) mass is 218 g/mol. The standard InChI is InChI=1S/C14H22N2/c1-2-12-4-3-7-14(15,10-12)11-13-5-8-16-9-6-13/h5-6,8-9,12H,2-4,7,10-11,15H2,1H3. The normalized spacial score (nSPS) is 30.2. The molecule has 0 amide bonds. The topological polar surface area (TPSA) is 38.9 Å². The van der Waals surface area contributed by atoms with E-state index in [9.17, 15) is 0 Å². The molecule has 1 heterocycles. The molecular weight excluding hydrogens is 196 g/mol. The molecule has 2 rings (SSSR count). The molecule has 0 aliphatic heterocycles. The summed E-state index contributed by atoms with van der Waals surface area (Å²) in [6, 6.07) is 4.17. The highest BCUT2D eigenvalue weighted by Gasteiger charge is 2.31. The van der Waals surface area contributed by atoms with Crippen LogP contribution in [0.15, 0.2) is 24.5 Å². The van der Waals surface area contributed by atoms with E-state index >= 15 is 0 Å². The van der Waals surface area contributed by atoms with Gasteiger partial charge in [0.1, 0.15) is 0 Å². The van der Waals surface area contributed by atoms with Gasteiger partial charge < -0.3 is 5.73 Å². The van der Waals surface area contributed by atoms with Crippen LogP contribution in [0.4, 0.5) is 0 Å². The van der Waals surface area contributed by atoms with Gasteiger partial charge in [-0.25, -0.2) is 0 Å². The van der Waals surface area contributed by atoms with Gasteiger partial charge in [0.15, 0.2) is 0 Å². The van der Waals surface area contributed by atoms with E-state index in [1.165, 1.54) is 37.7 Å². The first-order valence-corrected chi connectivity index (χ1v) is 6.40. The molecule has 1 aliphatic carbocycles. The van der Waals surface area contributed by atoms with Gasteiger partial charge >= 0.3 is 0 Å². The summed E-state index contributed by atoms with van der Waals surface area (Å²) in [7, 11) is 0. The highest BCUT2D eigenvalue weighted by Crippen LogP contribution is 2.34. The van der Waals surface area contributed by atoms with Crippen molar-refractivity contribution >= 4 is 0 Å². The summed E-state index contributed by atoms with van der Waals surface area (Å²) in [6.45, 7) is 2.28. The van der Waals surface area contributed by atoms with Gasteiger partial charge in [-0.2, -0.15) is 0 Å². The van der Waals surface area contributed by atoms with E-state index < -0.39 is 0 Å². The average Bonchev–Trinajstić information content (AvgIpc) is 2.29. The Bertz CT molecular complexity index is 323. The third kappa shape index (κ3) is 2.82. The summed E-state index contributed by atoms with van der Waals surface area (Å²) in [5, 5.41) is 0. The third-order valence-electron chi connectivity index (χ3n) is 3.87. The molecule has 1 saturated carbocycles. The number of pyridine rings is 1. The molecule has 1 aromatic heterocycles. The first kappa shape index (κ1) is 11.6. The van der Waals surface area contributed by atoms with E-state index in [0.29, 0.717) is 0 Å². The Balaban J connectivity index is 2.02. The molecule has 2 heteroatoms. The van der Waals surface area contributed by atoms with Crippen LogP contribution < -0.4 is 5.73 Å². The third-order valence-corrected chi connectivity index (χ3v) is 3.87. The van der Waals surface area contributed by atoms with E-state index in [0.717, 1.165) is 12.3 Å². The van der Waals surface area contributed by atoms with Crippen molar-refractivity contribution in [1.29, 1.82) is 0 Å². The Labute approximate surface area is 98.3 Å². The van der Waals surface area contributed by atoms with Crippen LogP contribution in [-0.2, 0) is 6.42 Å². The van der Waals surface area contributed by atoms with Gasteiger partial charge in [0, 0.05) is 17.9 Å². The van der Waals surface area contributed by atoms with Crippen LogP contribution in [0.1, 0.15) is 44.6 Å². The molecule has 0 aromatic carbocycles. The van der Waals surface area contributed by atoms with Crippen molar-refractivity contribution in [2.45, 2.75) is 51.0 Å². The fraction of sp³-hybridized carbons (Fsp3) is 0.643. The summed E-state index contributed by atoms with van der Waals surface area (Å²) in [5.41, 5.74) is 7.89. The van der Waals surface area contributed by atoms with Crippen molar-refractivity contribution < 1.29 is 0 Å². The van der Waals surface area contributed by atoms with Crippen molar-refractivity contribution in [2.75, 3.05) is 0 Å². The van der Waals surface area contributed by atoms with Crippen LogP contribution in [0.3, 0.4) is 0 Å². The maximum atomic E-state index is 6.54. The summed E-state index contributed by atoms with van der Waals surface area (Å²) >= 11 is 0. The Morgan fingerprint density at radius 2 is 2.19 bits per heavy atom. The summed E-state index contributed by atoms with van der Waals surface area (Å²) in [5.74, 6) is 0.834. The molecule has 0 radical (unpaired) electrons. The average molecular weight is 218 g/mol. The Hall–Kier alpha value is -0.890. The lowest BCUT2D eigenvalue weighted by atomic mass is 9.72. The van der Waals surface area contributed by atoms with Gasteiger partial charge in [-0.3, -0.25) is 4.98 Å². The highest BCUT2D eigenvalue weighted by molar-refractivity contribution is 5.14. The zero-order valence-corrected chi connectivity index (χ0v) is 10.2. The second kappa shape index (κ2) is 4.96. The van der Waals surface area contributed by atoms with Crippen LogP contribution in [0.25, 0.3) is 0 Å². The lowest BCUT2D eigenvalue weighted by Crippen LogP contribution is -2.46. The summed E-state index contributed by atoms with van der Waals surface area (Å²) in [6.07, 6.45) is 11.0. The van der Waals surface area contributed by atoms with E-state index in [1.807, 2.05) is 12.4 Å². The van der Waals surface area contributed by atoms with Crippen LogP contribution in [-0.4, -0.2) is 10.5 Å². The number of hydrogen-bond donors (Lipinski definition) is 1. The van der Waals surface area contributed by atoms with E-state index in [4.69, 9.17) is 5.73 Å². The van der Waals surface area contributed by atoms with Crippen LogP contribution in [0.5, 0.6) is 0 Å². The van der Waals surface area contributed by atoms with E-state index in [-0.39, 0.29) is 5.54 Å². The second-order valence-corrected chi connectivity index (χ2v) is 5.27. The fourth-order valence-electron chi connectivity index (χ4n) is 2.94. The van der Waals surface area contributed by atoms with Crippen molar-refractivity contribution in [2.24, 2.45) is 11.7 Å². The minimum Gasteiger partial charge on any atom is -0.325 e. The first-order valence-electron chi connectivity index (χ1n) is 6.40. The quantitative estimate of drug-likeness (QED) is 0.847. The molecule has 2 unspecified atom stereocenters. The maximum Gasteiger partial charge on any atom is 0.0270 e. The summed E-state index contributed by atoms with van der Waals surface area (Å²) in [4.78, 5) is 4.05. The SMILES string of the molecule is CCC1CCCC(N)(Cc2ccncc2)C1. The second-order valence-electron chi connectivity index (χ2n) is 5.27. The Kier molecular flexibility index (Phi) is 3.59. The molecule has 2 nitrogen and oxygen atoms in total. The van der Waals surface area contributed by atoms with Gasteiger partial charge in [0.25, 0.3) is 0 Å². The minimum atomic E-state index is 0.0281. The molecular formula is C14H22N2. The largest absolute Gasteiger partial charge is 0.325 e. The maximum absolute atomic E-state index is 6.54. The molecule has 1 aliphatic rings. The van der Waals surface area contributed by atoms with Crippen molar-refractivity contribution in [3.63, 3.8) is 0 Å². The predicted octanol–water partition coefficient (Wildman–Crippen LogP) is 2.92. The van der Waals surface area contributed by atoms with Crippen molar-refractivity contribution in [3.8, 4) is 0 Å². The van der Waals surface area contributed by atoms with Crippen LogP contribution in [0, 0.1) is 5.92 Å². The van der Waals surface area contributed by atoms with Gasteiger partial charge in [-0.05, 0) is 42.9 Å².